The molecule has 5 heteroatoms. The molecule has 74 heavy (non-hydrogen) atoms. The van der Waals surface area contributed by atoms with Crippen LogP contribution in [0.4, 0.5) is 34.1 Å². The summed E-state index contributed by atoms with van der Waals surface area (Å²) in [7, 11) is 0. The van der Waals surface area contributed by atoms with Crippen molar-refractivity contribution in [3.05, 3.63) is 158 Å². The average molecular weight is 994 g/mol. The summed E-state index contributed by atoms with van der Waals surface area (Å²) in [5.41, 5.74) is 28.3. The topological polar surface area (TPSA) is 19.6 Å². The quantitative estimate of drug-likeness (QED) is 0.165. The lowest BCUT2D eigenvalue weighted by molar-refractivity contribution is 0.332. The fraction of sp³-hybridized carbons (Fsp3) is 0.391. The van der Waals surface area contributed by atoms with Crippen LogP contribution in [0.15, 0.2) is 108 Å². The van der Waals surface area contributed by atoms with Crippen molar-refractivity contribution in [3.8, 4) is 11.1 Å². The second-order valence-corrected chi connectivity index (χ2v) is 28.0. The molecule has 0 saturated heterocycles. The van der Waals surface area contributed by atoms with Crippen LogP contribution in [0.3, 0.4) is 0 Å². The minimum Gasteiger partial charge on any atom is -0.456 e. The second-order valence-electron chi connectivity index (χ2n) is 27.6. The average Bonchev–Trinajstić information content (AvgIpc) is 3.73. The van der Waals surface area contributed by atoms with Crippen LogP contribution >= 0.6 is 11.6 Å². The third-order valence-corrected chi connectivity index (χ3v) is 20.1. The number of hydrogen-bond donors (Lipinski definition) is 0. The third kappa shape index (κ3) is 6.77. The first-order chi connectivity index (χ1) is 34.8. The minimum atomic E-state index is -0.0929. The van der Waals surface area contributed by atoms with E-state index in [-0.39, 0.29) is 39.2 Å². The maximum atomic E-state index is 7.28. The van der Waals surface area contributed by atoms with Crippen LogP contribution in [0.25, 0.3) is 33.1 Å². The van der Waals surface area contributed by atoms with Crippen molar-refractivity contribution in [2.45, 2.75) is 175 Å². The molecule has 0 radical (unpaired) electrons. The molecule has 3 heterocycles. The molecule has 0 unspecified atom stereocenters. The van der Waals surface area contributed by atoms with Gasteiger partial charge in [0.2, 0.25) is 0 Å². The summed E-state index contributed by atoms with van der Waals surface area (Å²) in [6, 6.07) is 40.7. The van der Waals surface area contributed by atoms with Gasteiger partial charge in [-0.15, -0.1) is 0 Å². The van der Waals surface area contributed by atoms with Gasteiger partial charge in [0.25, 0.3) is 6.71 Å². The predicted molar refractivity (Wildman–Crippen MR) is 318 cm³/mol. The van der Waals surface area contributed by atoms with Gasteiger partial charge in [0, 0.05) is 38.8 Å². The van der Waals surface area contributed by atoms with E-state index in [1.807, 2.05) is 0 Å². The number of aryl methyl sites for hydroxylation is 3. The normalized spacial score (nSPS) is 19.9. The molecular formula is C69H74BClN2O. The van der Waals surface area contributed by atoms with Crippen molar-refractivity contribution in [3.63, 3.8) is 0 Å². The van der Waals surface area contributed by atoms with Crippen LogP contribution in [0.1, 0.15) is 172 Å². The van der Waals surface area contributed by atoms with E-state index in [9.17, 15) is 0 Å². The van der Waals surface area contributed by atoms with Crippen LogP contribution in [0, 0.1) is 20.8 Å². The SMILES string of the molecule is Cc1ccccc1-c1cc2c3c(c1)N(c1cc4c(cc1C)C(C)(C)CCC4(C)C)c1c(ccc4oc5cc6c(cc5c14)C(C)(C)CCC6(C)C)B3c1ccc(Cl)cc1N2c1cc2c(cc1C)C(C)(C)CCC2(C)C. The molecule has 3 aliphatic carbocycles. The van der Waals surface area contributed by atoms with Gasteiger partial charge >= 0.3 is 0 Å². The molecule has 376 valence electrons. The number of anilines is 6. The summed E-state index contributed by atoms with van der Waals surface area (Å²) < 4.78 is 7.21. The van der Waals surface area contributed by atoms with E-state index in [1.165, 1.54) is 130 Å². The Balaban J connectivity index is 1.20. The fourth-order valence-electron chi connectivity index (χ4n) is 14.8. The lowest BCUT2D eigenvalue weighted by Gasteiger charge is -2.47. The summed E-state index contributed by atoms with van der Waals surface area (Å²) in [6.07, 6.45) is 6.92. The smallest absolute Gasteiger partial charge is 0.252 e. The van der Waals surface area contributed by atoms with Crippen LogP contribution in [-0.2, 0) is 32.5 Å². The molecule has 3 nitrogen and oxygen atoms in total. The van der Waals surface area contributed by atoms with Crippen molar-refractivity contribution in [2.24, 2.45) is 0 Å². The molecule has 1 aromatic heterocycles. The largest absolute Gasteiger partial charge is 0.456 e. The highest BCUT2D eigenvalue weighted by atomic mass is 35.5. The molecule has 5 aliphatic rings. The predicted octanol–water partition coefficient (Wildman–Crippen LogP) is 18.0. The number of fused-ring (bicyclic) bond motifs is 11. The Morgan fingerprint density at radius 2 is 0.905 bits per heavy atom. The summed E-state index contributed by atoms with van der Waals surface area (Å²) in [6.45, 7) is 36.3. The Hall–Kier alpha value is -5.71. The van der Waals surface area contributed by atoms with Gasteiger partial charge in [-0.1, -0.05) is 143 Å². The first-order valence-electron chi connectivity index (χ1n) is 27.8. The maximum absolute atomic E-state index is 7.28. The van der Waals surface area contributed by atoms with Crippen LogP contribution < -0.4 is 26.2 Å². The summed E-state index contributed by atoms with van der Waals surface area (Å²) in [5, 5.41) is 3.13. The third-order valence-electron chi connectivity index (χ3n) is 19.9. The zero-order valence-corrected chi connectivity index (χ0v) is 47.6. The first kappa shape index (κ1) is 48.0. The monoisotopic (exact) mass is 993 g/mol. The van der Waals surface area contributed by atoms with Crippen molar-refractivity contribution in [2.75, 3.05) is 9.80 Å². The van der Waals surface area contributed by atoms with Crippen molar-refractivity contribution < 1.29 is 4.42 Å². The number of furan rings is 1. The van der Waals surface area contributed by atoms with Crippen LogP contribution in [0.2, 0.25) is 5.02 Å². The number of benzene rings is 7. The van der Waals surface area contributed by atoms with E-state index >= 15 is 0 Å². The van der Waals surface area contributed by atoms with E-state index in [0.717, 1.165) is 47.6 Å². The highest BCUT2D eigenvalue weighted by Crippen LogP contribution is 2.56. The number of hydrogen-bond acceptors (Lipinski definition) is 3. The highest BCUT2D eigenvalue weighted by Gasteiger charge is 2.48. The molecule has 7 aromatic carbocycles. The molecule has 8 aromatic rings. The highest BCUT2D eigenvalue weighted by molar-refractivity contribution is 7.00. The van der Waals surface area contributed by atoms with E-state index < -0.39 is 0 Å². The summed E-state index contributed by atoms with van der Waals surface area (Å²) in [5.74, 6) is 0. The Kier molecular flexibility index (Phi) is 10.0. The van der Waals surface area contributed by atoms with Crippen molar-refractivity contribution in [1.82, 2.24) is 0 Å². The second kappa shape index (κ2) is 15.5. The first-order valence-corrected chi connectivity index (χ1v) is 28.1. The lowest BCUT2D eigenvalue weighted by atomic mass is 9.33. The number of halogens is 1. The molecule has 0 bridgehead atoms. The minimum absolute atomic E-state index is 0.00397. The van der Waals surface area contributed by atoms with Gasteiger partial charge in [0.05, 0.1) is 11.1 Å². The Morgan fingerprint density at radius 1 is 0.432 bits per heavy atom. The van der Waals surface area contributed by atoms with E-state index in [1.54, 1.807) is 0 Å². The van der Waals surface area contributed by atoms with Gasteiger partial charge in [-0.2, -0.15) is 0 Å². The Bertz CT molecular complexity index is 3770. The van der Waals surface area contributed by atoms with Gasteiger partial charge in [-0.3, -0.25) is 0 Å². The van der Waals surface area contributed by atoms with Crippen molar-refractivity contribution >= 4 is 90.8 Å². The molecule has 0 N–H and O–H groups in total. The maximum Gasteiger partial charge on any atom is 0.252 e. The molecule has 0 atom stereocenters. The molecular weight excluding hydrogens is 919 g/mol. The van der Waals surface area contributed by atoms with Crippen LogP contribution in [-0.4, -0.2) is 6.71 Å². The van der Waals surface area contributed by atoms with E-state index in [0.29, 0.717) is 0 Å². The lowest BCUT2D eigenvalue weighted by Crippen LogP contribution is -2.61. The number of nitrogens with zero attached hydrogens (tertiary/aromatic N) is 2. The summed E-state index contributed by atoms with van der Waals surface area (Å²) in [4.78, 5) is 5.33. The van der Waals surface area contributed by atoms with Gasteiger partial charge in [-0.25, -0.2) is 0 Å². The Morgan fingerprint density at radius 3 is 1.46 bits per heavy atom. The van der Waals surface area contributed by atoms with Gasteiger partial charge in [-0.05, 0) is 224 Å². The zero-order valence-electron chi connectivity index (χ0n) is 46.8. The van der Waals surface area contributed by atoms with Crippen LogP contribution in [0.5, 0.6) is 0 Å². The van der Waals surface area contributed by atoms with Gasteiger partial charge in [0.15, 0.2) is 0 Å². The van der Waals surface area contributed by atoms with E-state index in [2.05, 4.69) is 217 Å². The number of rotatable bonds is 3. The van der Waals surface area contributed by atoms with Gasteiger partial charge in [0.1, 0.15) is 11.2 Å². The van der Waals surface area contributed by atoms with Crippen molar-refractivity contribution in [1.29, 1.82) is 0 Å². The summed E-state index contributed by atoms with van der Waals surface area (Å²) >= 11 is 7.28. The molecule has 0 spiro atoms. The van der Waals surface area contributed by atoms with Gasteiger partial charge < -0.3 is 14.2 Å². The standard InChI is InChI=1S/C69H74BClN2O/c1-39-18-16-17-19-44(39)42-32-57-62-58(33-42)73(55-37-50-47(31-41(55)3)65(6,7)25-28-68(50,12)13)63-53(22-23-59-61(63)45-35-48-51(38-60(45)74-59)69(14,15)29-26-66(48,8)9)70(62)52-21-20-43(71)34-56(52)72(57)54-36-49-46(30-40(54)2)64(4,5)24-27-67(49,10)11/h16-23,30-38H,24-29H2,1-15H3. The van der Waals surface area contributed by atoms with E-state index in [4.69, 9.17) is 16.0 Å². The molecule has 0 fully saturated rings. The Labute approximate surface area is 446 Å². The molecule has 13 rings (SSSR count). The zero-order chi connectivity index (χ0) is 52.1. The molecule has 0 saturated carbocycles. The molecule has 0 amide bonds. The molecule has 2 aliphatic heterocycles. The fourth-order valence-corrected chi connectivity index (χ4v) is 15.0.